The van der Waals surface area contributed by atoms with Crippen molar-refractivity contribution in [2.45, 2.75) is 12.8 Å². The SMILES string of the molecule is COc1ccc2cc(CCNC(=O)Cc3ccc(Cl)cc3)c(=O)[nH]c2c1. The minimum Gasteiger partial charge on any atom is -0.497 e. The lowest BCUT2D eigenvalue weighted by Crippen LogP contribution is -2.28. The predicted molar refractivity (Wildman–Crippen MR) is 103 cm³/mol. The van der Waals surface area contributed by atoms with Crippen LogP contribution in [0.15, 0.2) is 53.3 Å². The van der Waals surface area contributed by atoms with Gasteiger partial charge in [0.15, 0.2) is 0 Å². The minimum absolute atomic E-state index is 0.0886. The number of benzene rings is 2. The highest BCUT2D eigenvalue weighted by atomic mass is 35.5. The van der Waals surface area contributed by atoms with E-state index in [1.54, 1.807) is 25.3 Å². The van der Waals surface area contributed by atoms with E-state index >= 15 is 0 Å². The molecule has 0 saturated carbocycles. The summed E-state index contributed by atoms with van der Waals surface area (Å²) in [6.45, 7) is 0.400. The minimum atomic E-state index is -0.155. The molecule has 3 aromatic rings. The van der Waals surface area contributed by atoms with Crippen molar-refractivity contribution in [1.29, 1.82) is 0 Å². The van der Waals surface area contributed by atoms with Crippen LogP contribution in [0, 0.1) is 0 Å². The van der Waals surface area contributed by atoms with Gasteiger partial charge in [0.25, 0.3) is 5.56 Å². The molecule has 1 aromatic heterocycles. The third-order valence-corrected chi connectivity index (χ3v) is 4.38. The van der Waals surface area contributed by atoms with Crippen molar-refractivity contribution in [3.63, 3.8) is 0 Å². The molecular formula is C20H19ClN2O3. The molecule has 0 aliphatic rings. The Morgan fingerprint density at radius 2 is 1.92 bits per heavy atom. The van der Waals surface area contributed by atoms with E-state index in [-0.39, 0.29) is 17.9 Å². The third kappa shape index (κ3) is 4.43. The molecule has 0 bridgehead atoms. The second kappa shape index (κ2) is 8.06. The van der Waals surface area contributed by atoms with Crippen molar-refractivity contribution >= 4 is 28.4 Å². The zero-order valence-corrected chi connectivity index (χ0v) is 15.1. The number of pyridine rings is 1. The fourth-order valence-electron chi connectivity index (χ4n) is 2.72. The molecule has 134 valence electrons. The topological polar surface area (TPSA) is 71.2 Å². The van der Waals surface area contributed by atoms with Crippen LogP contribution < -0.4 is 15.6 Å². The van der Waals surface area contributed by atoms with Gasteiger partial charge in [0.05, 0.1) is 19.0 Å². The first kappa shape index (κ1) is 18.0. The molecule has 5 nitrogen and oxygen atoms in total. The Labute approximate surface area is 156 Å². The average Bonchev–Trinajstić information content (AvgIpc) is 2.63. The number of rotatable bonds is 6. The molecule has 0 fully saturated rings. The number of ether oxygens (including phenoxy) is 1. The molecule has 0 aliphatic heterocycles. The monoisotopic (exact) mass is 370 g/mol. The maximum atomic E-state index is 12.2. The smallest absolute Gasteiger partial charge is 0.251 e. The van der Waals surface area contributed by atoms with Crippen LogP contribution in [0.5, 0.6) is 5.75 Å². The first-order valence-corrected chi connectivity index (χ1v) is 8.64. The Bertz CT molecular complexity index is 981. The summed E-state index contributed by atoms with van der Waals surface area (Å²) in [6, 6.07) is 14.5. The van der Waals surface area contributed by atoms with Crippen LogP contribution in [0.25, 0.3) is 10.9 Å². The van der Waals surface area contributed by atoms with Gasteiger partial charge in [0, 0.05) is 23.2 Å². The van der Waals surface area contributed by atoms with Crippen molar-refractivity contribution in [1.82, 2.24) is 10.3 Å². The summed E-state index contributed by atoms with van der Waals surface area (Å²) < 4.78 is 5.16. The number of amides is 1. The Morgan fingerprint density at radius 1 is 1.15 bits per heavy atom. The maximum absolute atomic E-state index is 12.2. The molecule has 2 N–H and O–H groups in total. The fourth-order valence-corrected chi connectivity index (χ4v) is 2.85. The molecule has 26 heavy (non-hydrogen) atoms. The number of H-pyrrole nitrogens is 1. The van der Waals surface area contributed by atoms with E-state index in [1.807, 2.05) is 30.3 Å². The zero-order chi connectivity index (χ0) is 18.5. The molecule has 6 heteroatoms. The van der Waals surface area contributed by atoms with Crippen LogP contribution in [0.3, 0.4) is 0 Å². The molecule has 3 rings (SSSR count). The van der Waals surface area contributed by atoms with Crippen LogP contribution in [0.1, 0.15) is 11.1 Å². The Morgan fingerprint density at radius 3 is 2.65 bits per heavy atom. The van der Waals surface area contributed by atoms with Crippen LogP contribution in [0.4, 0.5) is 0 Å². The second-order valence-electron chi connectivity index (χ2n) is 5.98. The number of fused-ring (bicyclic) bond motifs is 1. The Kier molecular flexibility index (Phi) is 5.58. The van der Waals surface area contributed by atoms with Crippen molar-refractivity contribution < 1.29 is 9.53 Å². The van der Waals surface area contributed by atoms with Crippen LogP contribution in [-0.2, 0) is 17.6 Å². The van der Waals surface area contributed by atoms with Crippen molar-refractivity contribution in [2.75, 3.05) is 13.7 Å². The van der Waals surface area contributed by atoms with Gasteiger partial charge in [0.1, 0.15) is 5.75 Å². The van der Waals surface area contributed by atoms with Gasteiger partial charge < -0.3 is 15.0 Å². The van der Waals surface area contributed by atoms with Crippen molar-refractivity contribution in [3.8, 4) is 5.75 Å². The van der Waals surface area contributed by atoms with E-state index in [0.29, 0.717) is 29.3 Å². The van der Waals surface area contributed by atoms with Crippen molar-refractivity contribution in [2.24, 2.45) is 0 Å². The predicted octanol–water partition coefficient (Wildman–Crippen LogP) is 3.09. The van der Waals surface area contributed by atoms with Gasteiger partial charge in [-0.1, -0.05) is 23.7 Å². The first-order chi connectivity index (χ1) is 12.5. The van der Waals surface area contributed by atoms with E-state index in [1.165, 1.54) is 0 Å². The number of carbonyl (C=O) groups excluding carboxylic acids is 1. The largest absolute Gasteiger partial charge is 0.497 e. The lowest BCUT2D eigenvalue weighted by atomic mass is 10.1. The van der Waals surface area contributed by atoms with E-state index in [4.69, 9.17) is 16.3 Å². The number of nitrogens with one attached hydrogen (secondary N) is 2. The lowest BCUT2D eigenvalue weighted by molar-refractivity contribution is -0.120. The summed E-state index contributed by atoms with van der Waals surface area (Å²) >= 11 is 5.83. The quantitative estimate of drug-likeness (QED) is 0.700. The van der Waals surface area contributed by atoms with Crippen LogP contribution >= 0.6 is 11.6 Å². The molecule has 0 radical (unpaired) electrons. The molecule has 0 spiro atoms. The van der Waals surface area contributed by atoms with Gasteiger partial charge in [-0.2, -0.15) is 0 Å². The van der Waals surface area contributed by atoms with Crippen LogP contribution in [0.2, 0.25) is 5.02 Å². The molecule has 0 aliphatic carbocycles. The molecule has 0 unspecified atom stereocenters. The van der Waals surface area contributed by atoms with E-state index in [0.717, 1.165) is 16.5 Å². The Hall–Kier alpha value is -2.79. The average molecular weight is 371 g/mol. The number of halogens is 1. The summed E-state index contributed by atoms with van der Waals surface area (Å²) in [5.41, 5.74) is 2.10. The van der Waals surface area contributed by atoms with Crippen molar-refractivity contribution in [3.05, 3.63) is 75.0 Å². The maximum Gasteiger partial charge on any atom is 0.251 e. The summed E-state index contributed by atoms with van der Waals surface area (Å²) in [4.78, 5) is 27.1. The molecule has 1 amide bonds. The highest BCUT2D eigenvalue weighted by Gasteiger charge is 2.07. The molecule has 2 aromatic carbocycles. The number of hydrogen-bond donors (Lipinski definition) is 2. The number of methoxy groups -OCH3 is 1. The van der Waals surface area contributed by atoms with Gasteiger partial charge in [-0.15, -0.1) is 0 Å². The molecule has 0 atom stereocenters. The van der Waals surface area contributed by atoms with Gasteiger partial charge in [-0.05, 0) is 47.7 Å². The van der Waals surface area contributed by atoms with Gasteiger partial charge in [-0.3, -0.25) is 9.59 Å². The zero-order valence-electron chi connectivity index (χ0n) is 14.3. The lowest BCUT2D eigenvalue weighted by Gasteiger charge is -2.07. The second-order valence-corrected chi connectivity index (χ2v) is 6.42. The summed E-state index contributed by atoms with van der Waals surface area (Å²) in [5.74, 6) is 0.602. The first-order valence-electron chi connectivity index (χ1n) is 8.26. The summed E-state index contributed by atoms with van der Waals surface area (Å²) in [5, 5.41) is 4.41. The number of hydrogen-bond acceptors (Lipinski definition) is 3. The highest BCUT2D eigenvalue weighted by molar-refractivity contribution is 6.30. The van der Waals surface area contributed by atoms with Crippen LogP contribution in [-0.4, -0.2) is 24.5 Å². The van der Waals surface area contributed by atoms with E-state index in [9.17, 15) is 9.59 Å². The number of aromatic amines is 1. The van der Waals surface area contributed by atoms with Gasteiger partial charge >= 0.3 is 0 Å². The molecular weight excluding hydrogens is 352 g/mol. The molecule has 1 heterocycles. The number of aromatic nitrogens is 1. The standard InChI is InChI=1S/C20H19ClN2O3/c1-26-17-7-4-14-11-15(20(25)23-18(14)12-17)8-9-22-19(24)10-13-2-5-16(21)6-3-13/h2-7,11-12H,8-10H2,1H3,(H,22,24)(H,23,25). The Balaban J connectivity index is 1.60. The summed E-state index contributed by atoms with van der Waals surface area (Å²) in [6.07, 6.45) is 0.745. The van der Waals surface area contributed by atoms with E-state index < -0.39 is 0 Å². The third-order valence-electron chi connectivity index (χ3n) is 4.12. The summed E-state index contributed by atoms with van der Waals surface area (Å²) in [7, 11) is 1.58. The molecule has 0 saturated heterocycles. The van der Waals surface area contributed by atoms with Gasteiger partial charge in [-0.25, -0.2) is 0 Å². The highest BCUT2D eigenvalue weighted by Crippen LogP contribution is 2.18. The normalized spacial score (nSPS) is 10.7. The number of carbonyl (C=O) groups is 1. The van der Waals surface area contributed by atoms with E-state index in [2.05, 4.69) is 10.3 Å². The van der Waals surface area contributed by atoms with Gasteiger partial charge in [0.2, 0.25) is 5.91 Å². The fraction of sp³-hybridized carbons (Fsp3) is 0.200.